The second-order valence-corrected chi connectivity index (χ2v) is 8.36. The molecule has 1 aliphatic rings. The quantitative estimate of drug-likeness (QED) is 0.740. The Balaban J connectivity index is 1.82. The van der Waals surface area contributed by atoms with Crippen LogP contribution in [0.3, 0.4) is 0 Å². The molecule has 0 aliphatic heterocycles. The number of amides is 2. The fraction of sp³-hybridized carbons (Fsp3) is 0.400. The molecular weight excluding hydrogens is 368 g/mol. The van der Waals surface area contributed by atoms with Gasteiger partial charge < -0.3 is 10.6 Å². The van der Waals surface area contributed by atoms with E-state index < -0.39 is 0 Å². The summed E-state index contributed by atoms with van der Waals surface area (Å²) in [4.78, 5) is 26.5. The molecule has 1 aromatic heterocycles. The van der Waals surface area contributed by atoms with Gasteiger partial charge >= 0.3 is 0 Å². The van der Waals surface area contributed by atoms with Gasteiger partial charge in [-0.2, -0.15) is 0 Å². The lowest BCUT2D eigenvalue weighted by Gasteiger charge is -2.23. The number of benzene rings is 1. The van der Waals surface area contributed by atoms with E-state index >= 15 is 0 Å². The van der Waals surface area contributed by atoms with Crippen LogP contribution < -0.4 is 10.6 Å². The molecule has 4 nitrogen and oxygen atoms in total. The summed E-state index contributed by atoms with van der Waals surface area (Å²) < 4.78 is 0. The first-order valence-electron chi connectivity index (χ1n) is 8.94. The number of anilines is 1. The first-order chi connectivity index (χ1) is 12.5. The van der Waals surface area contributed by atoms with Crippen LogP contribution in [0.1, 0.15) is 63.3 Å². The van der Waals surface area contributed by atoms with Gasteiger partial charge in [0.05, 0.1) is 16.1 Å². The molecular formula is C20H23ClN2O2S. The highest BCUT2D eigenvalue weighted by Gasteiger charge is 2.24. The minimum absolute atomic E-state index is 0.104. The molecule has 0 atom stereocenters. The Morgan fingerprint density at radius 2 is 1.77 bits per heavy atom. The smallest absolute Gasteiger partial charge is 0.257 e. The summed E-state index contributed by atoms with van der Waals surface area (Å²) in [6.45, 7) is 3.88. The summed E-state index contributed by atoms with van der Waals surface area (Å²) in [5.74, 6) is -0.406. The third-order valence-corrected chi connectivity index (χ3v) is 6.35. The zero-order valence-electron chi connectivity index (χ0n) is 15.0. The molecule has 0 saturated heterocycles. The van der Waals surface area contributed by atoms with Crippen molar-refractivity contribution in [2.45, 2.75) is 52.0 Å². The highest BCUT2D eigenvalue weighted by molar-refractivity contribution is 7.16. The molecule has 1 aromatic carbocycles. The van der Waals surface area contributed by atoms with Crippen LogP contribution in [0.25, 0.3) is 0 Å². The summed E-state index contributed by atoms with van der Waals surface area (Å²) in [5, 5.41) is 7.00. The van der Waals surface area contributed by atoms with E-state index in [1.807, 2.05) is 13.8 Å². The highest BCUT2D eigenvalue weighted by Crippen LogP contribution is 2.33. The maximum atomic E-state index is 12.9. The molecule has 0 unspecified atom stereocenters. The Morgan fingerprint density at radius 1 is 1.08 bits per heavy atom. The molecule has 2 amide bonds. The summed E-state index contributed by atoms with van der Waals surface area (Å²) in [6, 6.07) is 7.12. The van der Waals surface area contributed by atoms with Crippen LogP contribution in [0.4, 0.5) is 5.00 Å². The van der Waals surface area contributed by atoms with Crippen molar-refractivity contribution in [1.29, 1.82) is 0 Å². The molecule has 0 bridgehead atoms. The van der Waals surface area contributed by atoms with Crippen molar-refractivity contribution in [3.05, 3.63) is 50.9 Å². The van der Waals surface area contributed by atoms with E-state index in [1.165, 1.54) is 17.8 Å². The topological polar surface area (TPSA) is 58.2 Å². The van der Waals surface area contributed by atoms with Gasteiger partial charge in [-0.3, -0.25) is 9.59 Å². The van der Waals surface area contributed by atoms with Crippen molar-refractivity contribution in [2.24, 2.45) is 0 Å². The lowest BCUT2D eigenvalue weighted by molar-refractivity contribution is 0.0928. The van der Waals surface area contributed by atoms with Gasteiger partial charge in [0.1, 0.15) is 5.00 Å². The Morgan fingerprint density at radius 3 is 2.46 bits per heavy atom. The van der Waals surface area contributed by atoms with E-state index in [4.69, 9.17) is 11.6 Å². The molecule has 1 saturated carbocycles. The van der Waals surface area contributed by atoms with Crippen LogP contribution >= 0.6 is 22.9 Å². The molecule has 1 heterocycles. The normalized spacial score (nSPS) is 14.9. The van der Waals surface area contributed by atoms with Gasteiger partial charge in [-0.15, -0.1) is 11.3 Å². The first-order valence-corrected chi connectivity index (χ1v) is 10.1. The fourth-order valence-electron chi connectivity index (χ4n) is 3.31. The van der Waals surface area contributed by atoms with Gasteiger partial charge in [-0.1, -0.05) is 43.0 Å². The zero-order chi connectivity index (χ0) is 18.7. The molecule has 1 fully saturated rings. The number of thiophene rings is 1. The number of hydrogen-bond acceptors (Lipinski definition) is 3. The Kier molecular flexibility index (Phi) is 5.99. The summed E-state index contributed by atoms with van der Waals surface area (Å²) in [5.41, 5.74) is 1.88. The lowest BCUT2D eigenvalue weighted by atomic mass is 9.95. The largest absolute Gasteiger partial charge is 0.349 e. The van der Waals surface area contributed by atoms with E-state index in [1.54, 1.807) is 24.3 Å². The summed E-state index contributed by atoms with van der Waals surface area (Å²) in [7, 11) is 0. The van der Waals surface area contributed by atoms with Crippen molar-refractivity contribution in [3.63, 3.8) is 0 Å². The van der Waals surface area contributed by atoms with Gasteiger partial charge in [0.15, 0.2) is 0 Å². The molecule has 0 radical (unpaired) electrons. The van der Waals surface area contributed by atoms with Crippen molar-refractivity contribution < 1.29 is 9.59 Å². The number of halogens is 1. The number of carbonyl (C=O) groups is 2. The number of carbonyl (C=O) groups excluding carboxylic acids is 2. The van der Waals surface area contributed by atoms with Gasteiger partial charge in [0, 0.05) is 10.9 Å². The van der Waals surface area contributed by atoms with Crippen molar-refractivity contribution in [1.82, 2.24) is 5.32 Å². The highest BCUT2D eigenvalue weighted by atomic mass is 35.5. The van der Waals surface area contributed by atoms with E-state index in [2.05, 4.69) is 10.6 Å². The molecule has 6 heteroatoms. The second-order valence-electron chi connectivity index (χ2n) is 6.73. The number of hydrogen-bond donors (Lipinski definition) is 2. The van der Waals surface area contributed by atoms with Gasteiger partial charge in [0.2, 0.25) is 0 Å². The van der Waals surface area contributed by atoms with Gasteiger partial charge in [0.25, 0.3) is 11.8 Å². The molecule has 0 spiro atoms. The third kappa shape index (κ3) is 4.10. The standard InChI is InChI=1S/C20H23ClN2O2S/c1-12-13(2)26-20(23-18(24)15-10-6-7-11-16(15)21)17(12)19(25)22-14-8-4-3-5-9-14/h6-7,10-11,14H,3-5,8-9H2,1-2H3,(H,22,25)(H,23,24). The first kappa shape index (κ1) is 18.9. The molecule has 138 valence electrons. The van der Waals surface area contributed by atoms with Gasteiger partial charge in [-0.25, -0.2) is 0 Å². The maximum absolute atomic E-state index is 12.9. The van der Waals surface area contributed by atoms with Crippen LogP contribution in [0.15, 0.2) is 24.3 Å². The predicted molar refractivity (Wildman–Crippen MR) is 108 cm³/mol. The molecule has 2 aromatic rings. The molecule has 2 N–H and O–H groups in total. The van der Waals surface area contributed by atoms with Crippen molar-refractivity contribution in [2.75, 3.05) is 5.32 Å². The van der Waals surface area contributed by atoms with Crippen LogP contribution in [-0.2, 0) is 0 Å². The van der Waals surface area contributed by atoms with Crippen molar-refractivity contribution >= 4 is 39.8 Å². The average molecular weight is 391 g/mol. The Hall–Kier alpha value is -1.85. The minimum atomic E-state index is -0.302. The van der Waals surface area contributed by atoms with E-state index in [0.29, 0.717) is 21.2 Å². The zero-order valence-corrected chi connectivity index (χ0v) is 16.6. The van der Waals surface area contributed by atoms with Crippen LogP contribution in [0.2, 0.25) is 5.02 Å². The SMILES string of the molecule is Cc1sc(NC(=O)c2ccccc2Cl)c(C(=O)NC2CCCCC2)c1C. The third-order valence-electron chi connectivity index (χ3n) is 4.90. The number of aryl methyl sites for hydroxylation is 1. The summed E-state index contributed by atoms with van der Waals surface area (Å²) >= 11 is 7.54. The predicted octanol–water partition coefficient (Wildman–Crippen LogP) is 5.33. The number of nitrogens with one attached hydrogen (secondary N) is 2. The maximum Gasteiger partial charge on any atom is 0.257 e. The molecule has 26 heavy (non-hydrogen) atoms. The fourth-order valence-corrected chi connectivity index (χ4v) is 4.58. The van der Waals surface area contributed by atoms with Crippen LogP contribution in [-0.4, -0.2) is 17.9 Å². The molecule has 3 rings (SSSR count). The van der Waals surface area contributed by atoms with Crippen LogP contribution in [0, 0.1) is 13.8 Å². The molecule has 1 aliphatic carbocycles. The van der Waals surface area contributed by atoms with E-state index in [0.717, 1.165) is 36.1 Å². The Labute approximate surface area is 162 Å². The second kappa shape index (κ2) is 8.23. The van der Waals surface area contributed by atoms with E-state index in [-0.39, 0.29) is 17.9 Å². The van der Waals surface area contributed by atoms with Crippen LogP contribution in [0.5, 0.6) is 0 Å². The van der Waals surface area contributed by atoms with Gasteiger partial charge in [-0.05, 0) is 44.4 Å². The summed E-state index contributed by atoms with van der Waals surface area (Å²) in [6.07, 6.45) is 5.60. The van der Waals surface area contributed by atoms with E-state index in [9.17, 15) is 9.59 Å². The monoisotopic (exact) mass is 390 g/mol. The Bertz CT molecular complexity index is 825. The lowest BCUT2D eigenvalue weighted by Crippen LogP contribution is -2.36. The average Bonchev–Trinajstić information content (AvgIpc) is 2.90. The van der Waals surface area contributed by atoms with Crippen molar-refractivity contribution in [3.8, 4) is 0 Å². The minimum Gasteiger partial charge on any atom is -0.349 e. The number of rotatable bonds is 4.